The van der Waals surface area contributed by atoms with Crippen LogP contribution in [0.2, 0.25) is 0 Å². The summed E-state index contributed by atoms with van der Waals surface area (Å²) >= 11 is 1.68. The minimum Gasteiger partial charge on any atom is -0.331 e. The summed E-state index contributed by atoms with van der Waals surface area (Å²) in [6.07, 6.45) is 2.95. The SMILES string of the molecule is CC(C)Cc1ccccc1Nc1nc2c(ccc3c2cnn3C)s1. The van der Waals surface area contributed by atoms with E-state index in [4.69, 9.17) is 4.98 Å². The van der Waals surface area contributed by atoms with Crippen molar-refractivity contribution >= 4 is 43.3 Å². The first-order valence-corrected chi connectivity index (χ1v) is 8.99. The van der Waals surface area contributed by atoms with Crippen LogP contribution in [0.25, 0.3) is 21.1 Å². The maximum Gasteiger partial charge on any atom is 0.188 e. The van der Waals surface area contributed by atoms with Crippen LogP contribution in [0.5, 0.6) is 0 Å². The molecule has 0 aliphatic carbocycles. The highest BCUT2D eigenvalue weighted by Gasteiger charge is 2.11. The Kier molecular flexibility index (Phi) is 3.73. The van der Waals surface area contributed by atoms with E-state index in [2.05, 4.69) is 60.7 Å². The first-order chi connectivity index (χ1) is 11.6. The summed E-state index contributed by atoms with van der Waals surface area (Å²) in [5.41, 5.74) is 4.61. The van der Waals surface area contributed by atoms with Crippen LogP contribution in [0.3, 0.4) is 0 Å². The fourth-order valence-corrected chi connectivity index (χ4v) is 3.94. The van der Waals surface area contributed by atoms with Crippen LogP contribution in [0.4, 0.5) is 10.8 Å². The highest BCUT2D eigenvalue weighted by molar-refractivity contribution is 7.22. The van der Waals surface area contributed by atoms with Crippen molar-refractivity contribution in [3.8, 4) is 0 Å². The standard InChI is InChI=1S/C19H20N4S/c1-12(2)10-13-6-4-5-7-15(13)21-19-22-18-14-11-20-23(3)16(14)8-9-17(18)24-19/h4-9,11-12H,10H2,1-3H3,(H,21,22). The summed E-state index contributed by atoms with van der Waals surface area (Å²) in [6, 6.07) is 12.7. The van der Waals surface area contributed by atoms with Gasteiger partial charge in [-0.3, -0.25) is 4.68 Å². The number of nitrogens with one attached hydrogen (secondary N) is 1. The largest absolute Gasteiger partial charge is 0.331 e. The second kappa shape index (κ2) is 5.91. The highest BCUT2D eigenvalue weighted by atomic mass is 32.1. The van der Waals surface area contributed by atoms with E-state index in [-0.39, 0.29) is 0 Å². The summed E-state index contributed by atoms with van der Waals surface area (Å²) in [5, 5.41) is 9.90. The van der Waals surface area contributed by atoms with Crippen LogP contribution < -0.4 is 5.32 Å². The molecule has 0 spiro atoms. The molecule has 2 aromatic heterocycles. The van der Waals surface area contributed by atoms with Crippen molar-refractivity contribution in [2.24, 2.45) is 13.0 Å². The number of rotatable bonds is 4. The smallest absolute Gasteiger partial charge is 0.188 e. The zero-order valence-corrected chi connectivity index (χ0v) is 14.9. The van der Waals surface area contributed by atoms with Gasteiger partial charge in [0.25, 0.3) is 0 Å². The maximum atomic E-state index is 4.82. The van der Waals surface area contributed by atoms with E-state index in [1.54, 1.807) is 11.3 Å². The third-order valence-corrected chi connectivity index (χ3v) is 5.11. The molecule has 0 radical (unpaired) electrons. The first kappa shape index (κ1) is 15.1. The average Bonchev–Trinajstić information content (AvgIpc) is 3.12. The Hall–Kier alpha value is -2.40. The van der Waals surface area contributed by atoms with Crippen LogP contribution in [0.15, 0.2) is 42.6 Å². The molecule has 0 fully saturated rings. The number of fused-ring (bicyclic) bond motifs is 3. The molecular weight excluding hydrogens is 316 g/mol. The molecule has 0 aliphatic rings. The summed E-state index contributed by atoms with van der Waals surface area (Å²) in [5.74, 6) is 0.623. The van der Waals surface area contributed by atoms with Crippen LogP contribution in [0, 0.1) is 5.92 Å². The monoisotopic (exact) mass is 336 g/mol. The van der Waals surface area contributed by atoms with Crippen molar-refractivity contribution in [3.05, 3.63) is 48.2 Å². The third kappa shape index (κ3) is 2.65. The van der Waals surface area contributed by atoms with Gasteiger partial charge in [0, 0.05) is 18.1 Å². The number of thiazole rings is 1. The topological polar surface area (TPSA) is 42.7 Å². The van der Waals surface area contributed by atoms with Gasteiger partial charge in [0.05, 0.1) is 21.9 Å². The number of hydrogen-bond donors (Lipinski definition) is 1. The van der Waals surface area contributed by atoms with Gasteiger partial charge in [-0.25, -0.2) is 4.98 Å². The quantitative estimate of drug-likeness (QED) is 0.562. The summed E-state index contributed by atoms with van der Waals surface area (Å²) in [4.78, 5) is 4.82. The summed E-state index contributed by atoms with van der Waals surface area (Å²) < 4.78 is 3.07. The van der Waals surface area contributed by atoms with Crippen molar-refractivity contribution < 1.29 is 0 Å². The van der Waals surface area contributed by atoms with Crippen LogP contribution in [-0.2, 0) is 13.5 Å². The van der Waals surface area contributed by atoms with E-state index in [0.717, 1.165) is 33.7 Å². The van der Waals surface area contributed by atoms with Gasteiger partial charge in [-0.2, -0.15) is 5.10 Å². The Morgan fingerprint density at radius 2 is 2.00 bits per heavy atom. The second-order valence-electron chi connectivity index (χ2n) is 6.51. The van der Waals surface area contributed by atoms with Crippen LogP contribution in [0.1, 0.15) is 19.4 Å². The number of benzene rings is 2. The molecular formula is C19H20N4S. The Bertz CT molecular complexity index is 1010. The Morgan fingerprint density at radius 1 is 1.17 bits per heavy atom. The van der Waals surface area contributed by atoms with Gasteiger partial charge in [-0.05, 0) is 36.1 Å². The second-order valence-corrected chi connectivity index (χ2v) is 7.54. The number of hydrogen-bond acceptors (Lipinski definition) is 4. The molecule has 2 aromatic carbocycles. The van der Waals surface area contributed by atoms with Crippen molar-refractivity contribution in [3.63, 3.8) is 0 Å². The molecule has 4 rings (SSSR count). The Labute approximate surface area is 145 Å². The van der Waals surface area contributed by atoms with Gasteiger partial charge in [0.2, 0.25) is 0 Å². The molecule has 4 aromatic rings. The number of aromatic nitrogens is 3. The van der Waals surface area contributed by atoms with Gasteiger partial charge in [-0.1, -0.05) is 43.4 Å². The molecule has 0 aliphatic heterocycles. The van der Waals surface area contributed by atoms with Crippen molar-refractivity contribution in [1.29, 1.82) is 0 Å². The number of nitrogens with zero attached hydrogens (tertiary/aromatic N) is 3. The Morgan fingerprint density at radius 3 is 2.83 bits per heavy atom. The van der Waals surface area contributed by atoms with Gasteiger partial charge in [0.15, 0.2) is 5.13 Å². The minimum atomic E-state index is 0.623. The summed E-state index contributed by atoms with van der Waals surface area (Å²) in [6.45, 7) is 4.49. The fourth-order valence-electron chi connectivity index (χ4n) is 3.05. The van der Waals surface area contributed by atoms with Crippen LogP contribution in [-0.4, -0.2) is 14.8 Å². The summed E-state index contributed by atoms with van der Waals surface area (Å²) in [7, 11) is 1.96. The molecule has 122 valence electrons. The molecule has 0 atom stereocenters. The number of aryl methyl sites for hydroxylation is 1. The van der Waals surface area contributed by atoms with E-state index >= 15 is 0 Å². The van der Waals surface area contributed by atoms with Crippen molar-refractivity contribution in [2.75, 3.05) is 5.32 Å². The lowest BCUT2D eigenvalue weighted by atomic mass is 10.0. The molecule has 24 heavy (non-hydrogen) atoms. The zero-order chi connectivity index (χ0) is 16.7. The van der Waals surface area contributed by atoms with Gasteiger partial charge >= 0.3 is 0 Å². The van der Waals surface area contributed by atoms with Crippen molar-refractivity contribution in [2.45, 2.75) is 20.3 Å². The van der Waals surface area contributed by atoms with E-state index in [1.165, 1.54) is 10.3 Å². The molecule has 1 N–H and O–H groups in total. The molecule has 4 nitrogen and oxygen atoms in total. The lowest BCUT2D eigenvalue weighted by molar-refractivity contribution is 0.648. The van der Waals surface area contributed by atoms with Gasteiger partial charge < -0.3 is 5.32 Å². The molecule has 0 amide bonds. The fraction of sp³-hybridized carbons (Fsp3) is 0.263. The van der Waals surface area contributed by atoms with Gasteiger partial charge in [-0.15, -0.1) is 0 Å². The van der Waals surface area contributed by atoms with Crippen LogP contribution >= 0.6 is 11.3 Å². The van der Waals surface area contributed by atoms with E-state index < -0.39 is 0 Å². The van der Waals surface area contributed by atoms with E-state index in [0.29, 0.717) is 5.92 Å². The third-order valence-electron chi connectivity index (χ3n) is 4.17. The van der Waals surface area contributed by atoms with Crippen molar-refractivity contribution in [1.82, 2.24) is 14.8 Å². The number of para-hydroxylation sites is 1. The molecule has 0 saturated heterocycles. The predicted molar refractivity (Wildman–Crippen MR) is 102 cm³/mol. The average molecular weight is 336 g/mol. The molecule has 5 heteroatoms. The highest BCUT2D eigenvalue weighted by Crippen LogP contribution is 2.33. The normalized spacial score (nSPS) is 11.7. The molecule has 2 heterocycles. The lowest BCUT2D eigenvalue weighted by Crippen LogP contribution is -1.99. The maximum absolute atomic E-state index is 4.82. The lowest BCUT2D eigenvalue weighted by Gasteiger charge is -2.11. The predicted octanol–water partition coefficient (Wildman–Crippen LogP) is 5.13. The molecule has 0 bridgehead atoms. The zero-order valence-electron chi connectivity index (χ0n) is 14.1. The van der Waals surface area contributed by atoms with E-state index in [9.17, 15) is 0 Å². The minimum absolute atomic E-state index is 0.623. The molecule has 0 saturated carbocycles. The Balaban J connectivity index is 1.74. The van der Waals surface area contributed by atoms with E-state index in [1.807, 2.05) is 17.9 Å². The number of anilines is 2. The van der Waals surface area contributed by atoms with Gasteiger partial charge in [0.1, 0.15) is 0 Å². The first-order valence-electron chi connectivity index (χ1n) is 8.18. The molecule has 0 unspecified atom stereocenters.